The summed E-state index contributed by atoms with van der Waals surface area (Å²) in [7, 11) is 0. The molecule has 0 unspecified atom stereocenters. The van der Waals surface area contributed by atoms with Crippen molar-refractivity contribution in [3.05, 3.63) is 35.0 Å². The van der Waals surface area contributed by atoms with E-state index in [-0.39, 0.29) is 23.5 Å². The maximum atomic E-state index is 13.9. The van der Waals surface area contributed by atoms with Crippen molar-refractivity contribution < 1.29 is 14.0 Å². The SMILES string of the molecule is O=C(c1cc2c(F)cccc2s1)N1CCC(C(=O)N2CCCCC2)CC1. The van der Waals surface area contributed by atoms with Crippen LogP contribution in [0.4, 0.5) is 4.39 Å². The fourth-order valence-corrected chi connectivity index (χ4v) is 5.03. The first-order chi connectivity index (χ1) is 12.6. The third kappa shape index (κ3) is 3.34. The third-order valence-corrected chi connectivity index (χ3v) is 6.61. The van der Waals surface area contributed by atoms with E-state index in [4.69, 9.17) is 0 Å². The van der Waals surface area contributed by atoms with Gasteiger partial charge in [0.05, 0.1) is 4.88 Å². The molecule has 2 aliphatic rings. The van der Waals surface area contributed by atoms with E-state index in [1.807, 2.05) is 15.9 Å². The molecule has 2 fully saturated rings. The minimum Gasteiger partial charge on any atom is -0.342 e. The lowest BCUT2D eigenvalue weighted by molar-refractivity contribution is -0.137. The lowest BCUT2D eigenvalue weighted by Crippen LogP contribution is -2.45. The highest BCUT2D eigenvalue weighted by Gasteiger charge is 2.31. The minimum absolute atomic E-state index is 0.0389. The van der Waals surface area contributed by atoms with Gasteiger partial charge in [-0.25, -0.2) is 4.39 Å². The van der Waals surface area contributed by atoms with Crippen LogP contribution in [-0.4, -0.2) is 47.8 Å². The van der Waals surface area contributed by atoms with Gasteiger partial charge in [0, 0.05) is 42.2 Å². The predicted octanol–water partition coefficient (Wildman–Crippen LogP) is 3.91. The molecule has 0 radical (unpaired) electrons. The summed E-state index contributed by atoms with van der Waals surface area (Å²) in [6.45, 7) is 2.95. The van der Waals surface area contributed by atoms with Gasteiger partial charge in [-0.3, -0.25) is 9.59 Å². The number of halogens is 1. The quantitative estimate of drug-likeness (QED) is 0.800. The zero-order chi connectivity index (χ0) is 18.1. The van der Waals surface area contributed by atoms with Crippen LogP contribution in [0, 0.1) is 11.7 Å². The van der Waals surface area contributed by atoms with Gasteiger partial charge in [0.1, 0.15) is 5.82 Å². The molecule has 2 aliphatic heterocycles. The second-order valence-corrected chi connectivity index (χ2v) is 8.30. The molecule has 0 aliphatic carbocycles. The summed E-state index contributed by atoms with van der Waals surface area (Å²) < 4.78 is 14.7. The van der Waals surface area contributed by atoms with E-state index in [9.17, 15) is 14.0 Å². The van der Waals surface area contributed by atoms with Crippen LogP contribution < -0.4 is 0 Å². The van der Waals surface area contributed by atoms with E-state index < -0.39 is 0 Å². The predicted molar refractivity (Wildman–Crippen MR) is 101 cm³/mol. The molecule has 1 aromatic carbocycles. The summed E-state index contributed by atoms with van der Waals surface area (Å²) in [6, 6.07) is 6.58. The number of hydrogen-bond donors (Lipinski definition) is 0. The van der Waals surface area contributed by atoms with Gasteiger partial charge < -0.3 is 9.80 Å². The highest BCUT2D eigenvalue weighted by Crippen LogP contribution is 2.30. The van der Waals surface area contributed by atoms with Crippen molar-refractivity contribution in [2.75, 3.05) is 26.2 Å². The van der Waals surface area contributed by atoms with Crippen molar-refractivity contribution in [3.8, 4) is 0 Å². The zero-order valence-corrected chi connectivity index (χ0v) is 15.6. The molecule has 0 spiro atoms. The van der Waals surface area contributed by atoms with Crippen LogP contribution in [0.2, 0.25) is 0 Å². The Balaban J connectivity index is 1.39. The van der Waals surface area contributed by atoms with Gasteiger partial charge in [-0.05, 0) is 50.3 Å². The number of likely N-dealkylation sites (tertiary alicyclic amines) is 2. The van der Waals surface area contributed by atoms with Crippen LogP contribution in [0.1, 0.15) is 41.8 Å². The molecule has 0 N–H and O–H groups in total. The maximum Gasteiger partial charge on any atom is 0.263 e. The molecule has 0 bridgehead atoms. The molecule has 6 heteroatoms. The number of rotatable bonds is 2. The number of benzene rings is 1. The first kappa shape index (κ1) is 17.5. The Kier molecular flexibility index (Phi) is 4.94. The van der Waals surface area contributed by atoms with Gasteiger partial charge in [-0.1, -0.05) is 6.07 Å². The summed E-state index contributed by atoms with van der Waals surface area (Å²) in [4.78, 5) is 29.8. The molecule has 138 valence electrons. The van der Waals surface area contributed by atoms with E-state index in [2.05, 4.69) is 0 Å². The first-order valence-corrected chi connectivity index (χ1v) is 10.2. The molecule has 3 heterocycles. The van der Waals surface area contributed by atoms with Crippen LogP contribution >= 0.6 is 11.3 Å². The first-order valence-electron chi connectivity index (χ1n) is 9.39. The number of thiophene rings is 1. The number of fused-ring (bicyclic) bond motifs is 1. The van der Waals surface area contributed by atoms with Crippen molar-refractivity contribution in [2.45, 2.75) is 32.1 Å². The zero-order valence-electron chi connectivity index (χ0n) is 14.7. The van der Waals surface area contributed by atoms with E-state index in [1.54, 1.807) is 12.1 Å². The second-order valence-electron chi connectivity index (χ2n) is 7.21. The summed E-state index contributed by atoms with van der Waals surface area (Å²) in [6.07, 6.45) is 4.87. The van der Waals surface area contributed by atoms with Gasteiger partial charge >= 0.3 is 0 Å². The molecule has 2 aromatic rings. The maximum absolute atomic E-state index is 13.9. The van der Waals surface area contributed by atoms with Crippen LogP contribution in [0.15, 0.2) is 24.3 Å². The van der Waals surface area contributed by atoms with Crippen LogP contribution in [0.3, 0.4) is 0 Å². The van der Waals surface area contributed by atoms with Crippen molar-refractivity contribution in [1.29, 1.82) is 0 Å². The van der Waals surface area contributed by atoms with Gasteiger partial charge in [-0.15, -0.1) is 11.3 Å². The number of carbonyl (C=O) groups is 2. The Hall–Kier alpha value is -1.95. The standard InChI is InChI=1S/C20H23FN2O2S/c21-16-5-4-6-17-15(16)13-18(26-17)20(25)23-11-7-14(8-12-23)19(24)22-9-2-1-3-10-22/h4-6,13-14H,1-3,7-12H2. The van der Waals surface area contributed by atoms with Crippen LogP contribution in [0.5, 0.6) is 0 Å². The van der Waals surface area contributed by atoms with Crippen molar-refractivity contribution in [3.63, 3.8) is 0 Å². The molecule has 0 saturated carbocycles. The molecule has 2 saturated heterocycles. The van der Waals surface area contributed by atoms with E-state index >= 15 is 0 Å². The lowest BCUT2D eigenvalue weighted by Gasteiger charge is -2.35. The highest BCUT2D eigenvalue weighted by atomic mass is 32.1. The fraction of sp³-hybridized carbons (Fsp3) is 0.500. The number of carbonyl (C=O) groups excluding carboxylic acids is 2. The fourth-order valence-electron chi connectivity index (χ4n) is 3.99. The van der Waals surface area contributed by atoms with Gasteiger partial charge in [0.25, 0.3) is 5.91 Å². The summed E-state index contributed by atoms with van der Waals surface area (Å²) in [5.41, 5.74) is 0. The van der Waals surface area contributed by atoms with E-state index in [0.717, 1.165) is 43.5 Å². The third-order valence-electron chi connectivity index (χ3n) is 5.52. The topological polar surface area (TPSA) is 40.6 Å². The number of hydrogen-bond acceptors (Lipinski definition) is 3. The Labute approximate surface area is 156 Å². The largest absolute Gasteiger partial charge is 0.342 e. The Bertz CT molecular complexity index is 820. The van der Waals surface area contributed by atoms with Crippen LogP contribution in [0.25, 0.3) is 10.1 Å². The molecule has 1 aromatic heterocycles. The van der Waals surface area contributed by atoms with Gasteiger partial charge in [-0.2, -0.15) is 0 Å². The van der Waals surface area contributed by atoms with Crippen molar-refractivity contribution in [1.82, 2.24) is 9.80 Å². The number of amides is 2. The Morgan fingerprint density at radius 2 is 1.73 bits per heavy atom. The second kappa shape index (κ2) is 7.35. The average Bonchev–Trinajstić information content (AvgIpc) is 3.13. The Morgan fingerprint density at radius 1 is 1.00 bits per heavy atom. The molecular weight excluding hydrogens is 351 g/mol. The molecule has 0 atom stereocenters. The molecule has 2 amide bonds. The molecule has 4 rings (SSSR count). The summed E-state index contributed by atoms with van der Waals surface area (Å²) in [5.74, 6) is -0.0316. The van der Waals surface area contributed by atoms with Crippen molar-refractivity contribution in [2.24, 2.45) is 5.92 Å². The normalized spacial score (nSPS) is 19.1. The highest BCUT2D eigenvalue weighted by molar-refractivity contribution is 7.20. The number of piperidine rings is 2. The van der Waals surface area contributed by atoms with Crippen molar-refractivity contribution >= 4 is 33.2 Å². The molecule has 26 heavy (non-hydrogen) atoms. The molecular formula is C20H23FN2O2S. The van der Waals surface area contributed by atoms with Gasteiger partial charge in [0.15, 0.2) is 0 Å². The average molecular weight is 374 g/mol. The van der Waals surface area contributed by atoms with E-state index in [0.29, 0.717) is 23.4 Å². The summed E-state index contributed by atoms with van der Waals surface area (Å²) in [5, 5.41) is 0.510. The van der Waals surface area contributed by atoms with Crippen LogP contribution in [-0.2, 0) is 4.79 Å². The summed E-state index contributed by atoms with van der Waals surface area (Å²) >= 11 is 1.34. The van der Waals surface area contributed by atoms with Gasteiger partial charge in [0.2, 0.25) is 5.91 Å². The monoisotopic (exact) mass is 374 g/mol. The lowest BCUT2D eigenvalue weighted by atomic mass is 9.94. The Morgan fingerprint density at radius 3 is 2.42 bits per heavy atom. The molecule has 4 nitrogen and oxygen atoms in total. The minimum atomic E-state index is -0.288. The smallest absolute Gasteiger partial charge is 0.263 e. The number of nitrogens with zero attached hydrogens (tertiary/aromatic N) is 2. The van der Waals surface area contributed by atoms with E-state index in [1.165, 1.54) is 23.8 Å².